The minimum absolute atomic E-state index is 0.173. The maximum absolute atomic E-state index is 12.6. The lowest BCUT2D eigenvalue weighted by molar-refractivity contribution is -0.131. The molecule has 22 heavy (non-hydrogen) atoms. The molecule has 6 nitrogen and oxygen atoms in total. The summed E-state index contributed by atoms with van der Waals surface area (Å²) in [4.78, 5) is 22.9. The van der Waals surface area contributed by atoms with Crippen molar-refractivity contribution in [1.82, 2.24) is 25.1 Å². The Morgan fingerprint density at radius 2 is 2.32 bits per heavy atom. The van der Waals surface area contributed by atoms with Crippen LogP contribution in [0.3, 0.4) is 0 Å². The van der Waals surface area contributed by atoms with E-state index in [9.17, 15) is 4.79 Å². The van der Waals surface area contributed by atoms with Gasteiger partial charge in [-0.3, -0.25) is 9.89 Å². The fourth-order valence-electron chi connectivity index (χ4n) is 3.09. The third-order valence-corrected chi connectivity index (χ3v) is 4.41. The SMILES string of the molecule is Cc1n[nH]c(C)c1CC(=O)N1CCC[C@@H](c2ccncn2)C1. The van der Waals surface area contributed by atoms with Crippen LogP contribution in [0.4, 0.5) is 0 Å². The van der Waals surface area contributed by atoms with Gasteiger partial charge in [0.25, 0.3) is 0 Å². The minimum atomic E-state index is 0.173. The fraction of sp³-hybridized carbons (Fsp3) is 0.500. The van der Waals surface area contributed by atoms with Crippen LogP contribution in [-0.2, 0) is 11.2 Å². The molecular weight excluding hydrogens is 278 g/mol. The normalized spacial score (nSPS) is 18.5. The Hall–Kier alpha value is -2.24. The molecule has 0 bridgehead atoms. The molecular formula is C16H21N5O. The van der Waals surface area contributed by atoms with Crippen LogP contribution in [0.2, 0.25) is 0 Å². The summed E-state index contributed by atoms with van der Waals surface area (Å²) in [6.45, 7) is 5.47. The number of hydrogen-bond donors (Lipinski definition) is 1. The lowest BCUT2D eigenvalue weighted by atomic mass is 9.94. The van der Waals surface area contributed by atoms with Crippen molar-refractivity contribution in [1.29, 1.82) is 0 Å². The molecule has 3 rings (SSSR count). The highest BCUT2D eigenvalue weighted by Gasteiger charge is 2.26. The first-order valence-corrected chi connectivity index (χ1v) is 7.69. The zero-order valence-corrected chi connectivity index (χ0v) is 13.0. The van der Waals surface area contributed by atoms with Crippen LogP contribution in [0, 0.1) is 13.8 Å². The lowest BCUT2D eigenvalue weighted by Gasteiger charge is -2.32. The smallest absolute Gasteiger partial charge is 0.227 e. The molecule has 1 N–H and O–H groups in total. The molecule has 1 amide bonds. The van der Waals surface area contributed by atoms with Gasteiger partial charge < -0.3 is 4.90 Å². The summed E-state index contributed by atoms with van der Waals surface area (Å²) < 4.78 is 0. The summed E-state index contributed by atoms with van der Waals surface area (Å²) in [6, 6.07) is 1.95. The first-order chi connectivity index (χ1) is 10.6. The van der Waals surface area contributed by atoms with E-state index in [1.807, 2.05) is 24.8 Å². The van der Waals surface area contributed by atoms with E-state index >= 15 is 0 Å². The molecule has 3 heterocycles. The Balaban J connectivity index is 1.68. The molecule has 0 aromatic carbocycles. The highest BCUT2D eigenvalue weighted by Crippen LogP contribution is 2.25. The maximum atomic E-state index is 12.6. The molecule has 1 aliphatic rings. The number of aromatic amines is 1. The number of amides is 1. The Labute approximate surface area is 130 Å². The second-order valence-corrected chi connectivity index (χ2v) is 5.90. The van der Waals surface area contributed by atoms with Gasteiger partial charge in [-0.1, -0.05) is 0 Å². The topological polar surface area (TPSA) is 74.8 Å². The highest BCUT2D eigenvalue weighted by atomic mass is 16.2. The highest BCUT2D eigenvalue weighted by molar-refractivity contribution is 5.79. The lowest BCUT2D eigenvalue weighted by Crippen LogP contribution is -2.40. The van der Waals surface area contributed by atoms with E-state index in [2.05, 4.69) is 20.2 Å². The number of piperidine rings is 1. The molecule has 2 aromatic rings. The summed E-state index contributed by atoms with van der Waals surface area (Å²) in [5.41, 5.74) is 3.95. The number of aromatic nitrogens is 4. The predicted octanol–water partition coefficient (Wildman–Crippen LogP) is 1.77. The molecule has 1 aliphatic heterocycles. The first-order valence-electron chi connectivity index (χ1n) is 7.69. The number of nitrogens with zero attached hydrogens (tertiary/aromatic N) is 4. The van der Waals surface area contributed by atoms with Crippen molar-refractivity contribution < 1.29 is 4.79 Å². The number of rotatable bonds is 3. The van der Waals surface area contributed by atoms with E-state index in [0.29, 0.717) is 12.3 Å². The average Bonchev–Trinajstić information content (AvgIpc) is 2.88. The van der Waals surface area contributed by atoms with Crippen LogP contribution in [0.15, 0.2) is 18.6 Å². The van der Waals surface area contributed by atoms with E-state index in [0.717, 1.165) is 48.6 Å². The molecule has 1 atom stereocenters. The number of likely N-dealkylation sites (tertiary alicyclic amines) is 1. The molecule has 116 valence electrons. The summed E-state index contributed by atoms with van der Waals surface area (Å²) in [5.74, 6) is 0.485. The monoisotopic (exact) mass is 299 g/mol. The Morgan fingerprint density at radius 3 is 3.00 bits per heavy atom. The number of carbonyl (C=O) groups excluding carboxylic acids is 1. The summed E-state index contributed by atoms with van der Waals surface area (Å²) in [5, 5.41) is 7.11. The third kappa shape index (κ3) is 3.00. The van der Waals surface area contributed by atoms with Gasteiger partial charge in [-0.25, -0.2) is 9.97 Å². The molecule has 6 heteroatoms. The van der Waals surface area contributed by atoms with Crippen molar-refractivity contribution >= 4 is 5.91 Å². The number of aryl methyl sites for hydroxylation is 2. The Kier molecular flexibility index (Phi) is 4.18. The van der Waals surface area contributed by atoms with Crippen LogP contribution in [0.5, 0.6) is 0 Å². The molecule has 0 unspecified atom stereocenters. The van der Waals surface area contributed by atoms with Gasteiger partial charge in [0.2, 0.25) is 5.91 Å². The van der Waals surface area contributed by atoms with Gasteiger partial charge in [-0.05, 0) is 32.8 Å². The predicted molar refractivity (Wildman–Crippen MR) is 82.4 cm³/mol. The fourth-order valence-corrected chi connectivity index (χ4v) is 3.09. The van der Waals surface area contributed by atoms with Crippen molar-refractivity contribution in [3.8, 4) is 0 Å². The van der Waals surface area contributed by atoms with Crippen LogP contribution < -0.4 is 0 Å². The zero-order chi connectivity index (χ0) is 15.5. The Bertz CT molecular complexity index is 632. The third-order valence-electron chi connectivity index (χ3n) is 4.41. The summed E-state index contributed by atoms with van der Waals surface area (Å²) in [7, 11) is 0. The van der Waals surface area contributed by atoms with E-state index in [1.54, 1.807) is 12.5 Å². The standard InChI is InChI=1S/C16H21N5O/c1-11-14(12(2)20-19-11)8-16(22)21-7-3-4-13(9-21)15-5-6-17-10-18-15/h5-6,10,13H,3-4,7-9H2,1-2H3,(H,19,20)/t13-/m1/s1. The molecule has 1 saturated heterocycles. The zero-order valence-electron chi connectivity index (χ0n) is 13.0. The summed E-state index contributed by atoms with van der Waals surface area (Å²) in [6.07, 6.45) is 5.86. The first kappa shape index (κ1) is 14.7. The number of nitrogens with one attached hydrogen (secondary N) is 1. The van der Waals surface area contributed by atoms with Gasteiger partial charge in [0.1, 0.15) is 6.33 Å². The van der Waals surface area contributed by atoms with E-state index in [1.165, 1.54) is 0 Å². The minimum Gasteiger partial charge on any atom is -0.342 e. The van der Waals surface area contributed by atoms with Crippen LogP contribution in [-0.4, -0.2) is 44.1 Å². The van der Waals surface area contributed by atoms with Gasteiger partial charge in [-0.2, -0.15) is 5.10 Å². The van der Waals surface area contributed by atoms with Gasteiger partial charge in [0.15, 0.2) is 0 Å². The molecule has 0 aliphatic carbocycles. The van der Waals surface area contributed by atoms with E-state index in [4.69, 9.17) is 0 Å². The van der Waals surface area contributed by atoms with Crippen molar-refractivity contribution in [3.63, 3.8) is 0 Å². The van der Waals surface area contributed by atoms with Crippen LogP contribution in [0.25, 0.3) is 0 Å². The molecule has 0 saturated carbocycles. The summed E-state index contributed by atoms with van der Waals surface area (Å²) >= 11 is 0. The van der Waals surface area contributed by atoms with Gasteiger partial charge in [-0.15, -0.1) is 0 Å². The van der Waals surface area contributed by atoms with Crippen LogP contribution >= 0.6 is 0 Å². The molecule has 1 fully saturated rings. The Morgan fingerprint density at radius 1 is 1.45 bits per heavy atom. The van der Waals surface area contributed by atoms with Crippen molar-refractivity contribution in [3.05, 3.63) is 41.2 Å². The van der Waals surface area contributed by atoms with Crippen molar-refractivity contribution in [2.45, 2.75) is 39.0 Å². The second-order valence-electron chi connectivity index (χ2n) is 5.90. The largest absolute Gasteiger partial charge is 0.342 e. The molecule has 0 radical (unpaired) electrons. The maximum Gasteiger partial charge on any atom is 0.227 e. The van der Waals surface area contributed by atoms with Crippen LogP contribution in [0.1, 0.15) is 41.4 Å². The molecule has 0 spiro atoms. The van der Waals surface area contributed by atoms with E-state index < -0.39 is 0 Å². The van der Waals surface area contributed by atoms with Gasteiger partial charge >= 0.3 is 0 Å². The van der Waals surface area contributed by atoms with Gasteiger partial charge in [0, 0.05) is 42.2 Å². The van der Waals surface area contributed by atoms with Crippen molar-refractivity contribution in [2.75, 3.05) is 13.1 Å². The number of hydrogen-bond acceptors (Lipinski definition) is 4. The number of carbonyl (C=O) groups is 1. The quantitative estimate of drug-likeness (QED) is 0.937. The average molecular weight is 299 g/mol. The van der Waals surface area contributed by atoms with Crippen molar-refractivity contribution in [2.24, 2.45) is 0 Å². The second kappa shape index (κ2) is 6.25. The van der Waals surface area contributed by atoms with E-state index in [-0.39, 0.29) is 5.91 Å². The molecule has 2 aromatic heterocycles. The van der Waals surface area contributed by atoms with Gasteiger partial charge in [0.05, 0.1) is 12.1 Å². The number of H-pyrrole nitrogens is 1.